The number of rotatable bonds is 4. The van der Waals surface area contributed by atoms with Crippen LogP contribution in [0.4, 0.5) is 5.69 Å². The summed E-state index contributed by atoms with van der Waals surface area (Å²) in [5.74, 6) is 1.37. The van der Waals surface area contributed by atoms with E-state index in [1.807, 2.05) is 22.9 Å². The Morgan fingerprint density at radius 2 is 2.04 bits per heavy atom. The highest BCUT2D eigenvalue weighted by atomic mass is 16.2. The third-order valence-electron chi connectivity index (χ3n) is 5.68. The molecule has 1 amide bonds. The Morgan fingerprint density at radius 3 is 2.81 bits per heavy atom. The number of carbonyl (C=O) groups is 1. The zero-order chi connectivity index (χ0) is 18.2. The van der Waals surface area contributed by atoms with Crippen LogP contribution in [0.5, 0.6) is 0 Å². The zero-order valence-corrected chi connectivity index (χ0v) is 15.1. The van der Waals surface area contributed by atoms with Crippen molar-refractivity contribution in [1.29, 1.82) is 0 Å². The van der Waals surface area contributed by atoms with Gasteiger partial charge in [-0.1, -0.05) is 11.6 Å². The molecule has 1 aliphatic heterocycles. The van der Waals surface area contributed by atoms with Crippen molar-refractivity contribution in [2.45, 2.75) is 44.1 Å². The summed E-state index contributed by atoms with van der Waals surface area (Å²) in [5.41, 5.74) is 2.96. The maximum atomic E-state index is 12.6. The molecule has 140 valence electrons. The van der Waals surface area contributed by atoms with Crippen LogP contribution in [0.2, 0.25) is 0 Å². The zero-order valence-electron chi connectivity index (χ0n) is 15.1. The highest BCUT2D eigenvalue weighted by Crippen LogP contribution is 2.35. The van der Waals surface area contributed by atoms with E-state index in [4.69, 9.17) is 0 Å². The molecule has 27 heavy (non-hydrogen) atoms. The van der Waals surface area contributed by atoms with Crippen LogP contribution < -0.4 is 10.6 Å². The summed E-state index contributed by atoms with van der Waals surface area (Å²) in [4.78, 5) is 20.6. The number of fused-ring (bicyclic) bond motifs is 1. The minimum Gasteiger partial charge on any atom is -0.342 e. The van der Waals surface area contributed by atoms with E-state index in [-0.39, 0.29) is 5.91 Å². The quantitative estimate of drug-likeness (QED) is 0.660. The van der Waals surface area contributed by atoms with Gasteiger partial charge in [0.25, 0.3) is 5.91 Å². The number of amides is 1. The van der Waals surface area contributed by atoms with Gasteiger partial charge < -0.3 is 15.6 Å². The molecule has 0 bridgehead atoms. The lowest BCUT2D eigenvalue weighted by Crippen LogP contribution is -2.29. The van der Waals surface area contributed by atoms with Gasteiger partial charge in [0.15, 0.2) is 5.69 Å². The molecule has 5 rings (SSSR count). The predicted molar refractivity (Wildman–Crippen MR) is 102 cm³/mol. The Hall–Kier alpha value is -2.74. The average molecular weight is 365 g/mol. The molecular formula is C19H23N7O. The number of aromatic nitrogens is 5. The number of carbonyl (C=O) groups excluding carboxylic acids is 1. The Balaban J connectivity index is 1.30. The van der Waals surface area contributed by atoms with Crippen LogP contribution in [0, 0.1) is 0 Å². The normalized spacial score (nSPS) is 18.5. The average Bonchev–Trinajstić information content (AvgIpc) is 3.27. The molecule has 3 aromatic rings. The van der Waals surface area contributed by atoms with E-state index in [0.29, 0.717) is 17.7 Å². The van der Waals surface area contributed by atoms with Gasteiger partial charge in [0.05, 0.1) is 23.3 Å². The molecule has 1 aromatic carbocycles. The lowest BCUT2D eigenvalue weighted by atomic mass is 9.85. The van der Waals surface area contributed by atoms with Crippen LogP contribution in [-0.4, -0.2) is 44.0 Å². The van der Waals surface area contributed by atoms with Gasteiger partial charge in [-0.2, -0.15) is 0 Å². The molecular weight excluding hydrogens is 342 g/mol. The number of nitrogens with zero attached hydrogens (tertiary/aromatic N) is 4. The second-order valence-corrected chi connectivity index (χ2v) is 7.50. The largest absolute Gasteiger partial charge is 0.342 e. The first-order valence-corrected chi connectivity index (χ1v) is 9.70. The first kappa shape index (κ1) is 16.4. The molecule has 3 N–H and O–H groups in total. The maximum absolute atomic E-state index is 12.6. The monoisotopic (exact) mass is 365 g/mol. The van der Waals surface area contributed by atoms with Gasteiger partial charge in [0.1, 0.15) is 5.82 Å². The van der Waals surface area contributed by atoms with E-state index in [2.05, 4.69) is 30.9 Å². The van der Waals surface area contributed by atoms with Crippen LogP contribution in [-0.2, 0) is 0 Å². The van der Waals surface area contributed by atoms with Crippen molar-refractivity contribution in [3.05, 3.63) is 35.9 Å². The number of nitrogens with one attached hydrogen (secondary N) is 3. The maximum Gasteiger partial charge on any atom is 0.277 e. The van der Waals surface area contributed by atoms with Crippen molar-refractivity contribution in [1.82, 2.24) is 30.3 Å². The molecule has 0 atom stereocenters. The van der Waals surface area contributed by atoms with E-state index in [1.54, 1.807) is 6.20 Å². The SMILES string of the molecule is O=C(Nc1ccc2nc(C3CCC3)[nH]c2c1)c1cn(C2CCNCC2)nn1. The van der Waals surface area contributed by atoms with Crippen LogP contribution in [0.15, 0.2) is 24.4 Å². The first-order chi connectivity index (χ1) is 13.3. The Labute approximate surface area is 156 Å². The van der Waals surface area contributed by atoms with Gasteiger partial charge in [0, 0.05) is 11.6 Å². The van der Waals surface area contributed by atoms with Gasteiger partial charge in [0.2, 0.25) is 0 Å². The van der Waals surface area contributed by atoms with Crippen molar-refractivity contribution in [3.63, 3.8) is 0 Å². The van der Waals surface area contributed by atoms with Crippen molar-refractivity contribution >= 4 is 22.6 Å². The molecule has 1 saturated heterocycles. The number of hydrogen-bond acceptors (Lipinski definition) is 5. The summed E-state index contributed by atoms with van der Waals surface area (Å²) in [5, 5.41) is 14.5. The van der Waals surface area contributed by atoms with E-state index < -0.39 is 0 Å². The summed E-state index contributed by atoms with van der Waals surface area (Å²) < 4.78 is 1.82. The number of H-pyrrole nitrogens is 1. The van der Waals surface area contributed by atoms with Crippen molar-refractivity contribution in [3.8, 4) is 0 Å². The molecule has 1 saturated carbocycles. The third kappa shape index (κ3) is 3.21. The summed E-state index contributed by atoms with van der Waals surface area (Å²) in [6.07, 6.45) is 7.44. The summed E-state index contributed by atoms with van der Waals surface area (Å²) in [7, 11) is 0. The highest BCUT2D eigenvalue weighted by Gasteiger charge is 2.23. The first-order valence-electron chi connectivity index (χ1n) is 9.70. The molecule has 8 heteroatoms. The summed E-state index contributed by atoms with van der Waals surface area (Å²) in [6, 6.07) is 6.06. The predicted octanol–water partition coefficient (Wildman–Crippen LogP) is 2.60. The fraction of sp³-hybridized carbons (Fsp3) is 0.474. The lowest BCUT2D eigenvalue weighted by Gasteiger charge is -2.22. The van der Waals surface area contributed by atoms with Crippen LogP contribution in [0.1, 0.15) is 60.4 Å². The number of aromatic amines is 1. The lowest BCUT2D eigenvalue weighted by molar-refractivity contribution is 0.102. The molecule has 8 nitrogen and oxygen atoms in total. The van der Waals surface area contributed by atoms with E-state index in [9.17, 15) is 4.79 Å². The number of benzene rings is 1. The van der Waals surface area contributed by atoms with Crippen LogP contribution in [0.25, 0.3) is 11.0 Å². The van der Waals surface area contributed by atoms with Crippen LogP contribution >= 0.6 is 0 Å². The molecule has 2 aromatic heterocycles. The molecule has 0 radical (unpaired) electrons. The second-order valence-electron chi connectivity index (χ2n) is 7.50. The fourth-order valence-electron chi connectivity index (χ4n) is 3.81. The van der Waals surface area contributed by atoms with Gasteiger partial charge in [-0.05, 0) is 57.0 Å². The van der Waals surface area contributed by atoms with Crippen molar-refractivity contribution in [2.75, 3.05) is 18.4 Å². The van der Waals surface area contributed by atoms with Crippen molar-refractivity contribution in [2.24, 2.45) is 0 Å². The van der Waals surface area contributed by atoms with Crippen molar-refractivity contribution < 1.29 is 4.79 Å². The topological polar surface area (TPSA) is 101 Å². The molecule has 0 spiro atoms. The number of anilines is 1. The second kappa shape index (κ2) is 6.77. The Morgan fingerprint density at radius 1 is 1.19 bits per heavy atom. The summed E-state index contributed by atoms with van der Waals surface area (Å²) >= 11 is 0. The Kier molecular flexibility index (Phi) is 4.12. The minimum absolute atomic E-state index is 0.242. The van der Waals surface area contributed by atoms with Gasteiger partial charge in [-0.25, -0.2) is 9.67 Å². The van der Waals surface area contributed by atoms with E-state index in [1.165, 1.54) is 19.3 Å². The minimum atomic E-state index is -0.242. The number of piperidine rings is 1. The standard InChI is InChI=1S/C19H23N7O/c27-19(17-11-26(25-24-17)14-6-8-20-9-7-14)21-13-4-5-15-16(10-13)23-18(22-15)12-2-1-3-12/h4-5,10-12,14,20H,1-3,6-9H2,(H,21,27)(H,22,23). The number of hydrogen-bond donors (Lipinski definition) is 3. The van der Waals surface area contributed by atoms with Gasteiger partial charge in [-0.15, -0.1) is 5.10 Å². The fourth-order valence-corrected chi connectivity index (χ4v) is 3.81. The smallest absolute Gasteiger partial charge is 0.277 e. The molecule has 3 heterocycles. The molecule has 2 fully saturated rings. The molecule has 1 aliphatic carbocycles. The summed E-state index contributed by atoms with van der Waals surface area (Å²) in [6.45, 7) is 1.94. The molecule has 2 aliphatic rings. The van der Waals surface area contributed by atoms with Crippen LogP contribution in [0.3, 0.4) is 0 Å². The Bertz CT molecular complexity index is 966. The number of imidazole rings is 1. The molecule has 0 unspecified atom stereocenters. The third-order valence-corrected chi connectivity index (χ3v) is 5.68. The highest BCUT2D eigenvalue weighted by molar-refractivity contribution is 6.03. The van der Waals surface area contributed by atoms with E-state index >= 15 is 0 Å². The van der Waals surface area contributed by atoms with E-state index in [0.717, 1.165) is 48.5 Å². The van der Waals surface area contributed by atoms with Gasteiger partial charge in [-0.3, -0.25) is 4.79 Å². The van der Waals surface area contributed by atoms with Gasteiger partial charge >= 0.3 is 0 Å².